The predicted molar refractivity (Wildman–Crippen MR) is 115 cm³/mol. The monoisotopic (exact) mass is 398 g/mol. The van der Waals surface area contributed by atoms with Crippen LogP contribution in [0, 0.1) is 5.92 Å². The van der Waals surface area contributed by atoms with Gasteiger partial charge in [-0.25, -0.2) is 0 Å². The molecule has 150 valence electrons. The first-order valence-electron chi connectivity index (χ1n) is 10.3. The number of hydrogen-bond acceptors (Lipinski definition) is 5. The van der Waals surface area contributed by atoms with E-state index in [-0.39, 0.29) is 11.8 Å². The molecule has 1 amide bonds. The van der Waals surface area contributed by atoms with Crippen LogP contribution in [0.4, 0.5) is 5.69 Å². The van der Waals surface area contributed by atoms with Crippen molar-refractivity contribution < 1.29 is 4.79 Å². The smallest absolute Gasteiger partial charge is 0.227 e. The number of nitrogens with one attached hydrogen (secondary N) is 1. The lowest BCUT2D eigenvalue weighted by Gasteiger charge is -2.20. The summed E-state index contributed by atoms with van der Waals surface area (Å²) in [5.41, 5.74) is 4.07. The van der Waals surface area contributed by atoms with E-state index in [1.54, 1.807) is 16.9 Å². The quantitative estimate of drug-likeness (QED) is 0.552. The van der Waals surface area contributed by atoms with Crippen molar-refractivity contribution in [1.29, 1.82) is 0 Å². The van der Waals surface area contributed by atoms with Gasteiger partial charge in [-0.15, -0.1) is 10.2 Å². The Kier molecular flexibility index (Phi) is 4.93. The molecule has 3 aromatic heterocycles. The summed E-state index contributed by atoms with van der Waals surface area (Å²) >= 11 is 0. The first kappa shape index (κ1) is 18.4. The highest BCUT2D eigenvalue weighted by Crippen LogP contribution is 2.27. The SMILES string of the molecule is O=C(Nc1cccc(-c2ccc3nnc(-c4ccncc4)n3n2)c1)C1CCCCC1. The van der Waals surface area contributed by atoms with Crippen molar-refractivity contribution in [3.05, 3.63) is 60.9 Å². The zero-order valence-corrected chi connectivity index (χ0v) is 16.5. The zero-order chi connectivity index (χ0) is 20.3. The Morgan fingerprint density at radius 1 is 0.933 bits per heavy atom. The third-order valence-corrected chi connectivity index (χ3v) is 5.60. The van der Waals surface area contributed by atoms with Crippen molar-refractivity contribution >= 4 is 17.2 Å². The first-order valence-corrected chi connectivity index (χ1v) is 10.3. The van der Waals surface area contributed by atoms with Gasteiger partial charge in [-0.05, 0) is 49.2 Å². The predicted octanol–water partition coefficient (Wildman–Crippen LogP) is 4.37. The molecule has 1 aliphatic rings. The largest absolute Gasteiger partial charge is 0.326 e. The fraction of sp³-hybridized carbons (Fsp3) is 0.261. The topological polar surface area (TPSA) is 85.1 Å². The van der Waals surface area contributed by atoms with Crippen LogP contribution < -0.4 is 5.32 Å². The Bertz CT molecular complexity index is 1180. The number of aromatic nitrogens is 5. The molecule has 0 atom stereocenters. The number of carbonyl (C=O) groups excluding carboxylic acids is 1. The molecule has 1 aliphatic carbocycles. The molecule has 3 heterocycles. The third kappa shape index (κ3) is 3.66. The van der Waals surface area contributed by atoms with Gasteiger partial charge in [0.1, 0.15) is 0 Å². The number of rotatable bonds is 4. The minimum absolute atomic E-state index is 0.119. The molecule has 0 unspecified atom stereocenters. The van der Waals surface area contributed by atoms with Gasteiger partial charge < -0.3 is 5.32 Å². The van der Waals surface area contributed by atoms with Gasteiger partial charge in [0.15, 0.2) is 11.5 Å². The van der Waals surface area contributed by atoms with Crippen molar-refractivity contribution in [3.8, 4) is 22.6 Å². The minimum Gasteiger partial charge on any atom is -0.326 e. The fourth-order valence-electron chi connectivity index (χ4n) is 3.99. The number of hydrogen-bond donors (Lipinski definition) is 1. The second-order valence-electron chi connectivity index (χ2n) is 7.65. The molecule has 30 heavy (non-hydrogen) atoms. The Morgan fingerprint density at radius 3 is 2.60 bits per heavy atom. The first-order chi connectivity index (χ1) is 14.8. The van der Waals surface area contributed by atoms with Crippen LogP contribution in [-0.4, -0.2) is 30.7 Å². The molecular formula is C23H22N6O. The molecule has 7 nitrogen and oxygen atoms in total. The van der Waals surface area contributed by atoms with E-state index in [0.29, 0.717) is 11.5 Å². The standard InChI is InChI=1S/C23H22N6O/c30-23(17-5-2-1-3-6-17)25-19-8-4-7-18(15-19)20-9-10-21-26-27-22(29(21)28-20)16-11-13-24-14-12-16/h4,7-15,17H,1-3,5-6H2,(H,25,30). The molecular weight excluding hydrogens is 376 g/mol. The Labute approximate surface area is 174 Å². The Morgan fingerprint density at radius 2 is 1.77 bits per heavy atom. The van der Waals surface area contributed by atoms with E-state index < -0.39 is 0 Å². The van der Waals surface area contributed by atoms with E-state index in [4.69, 9.17) is 5.10 Å². The van der Waals surface area contributed by atoms with Gasteiger partial charge in [-0.2, -0.15) is 9.61 Å². The molecule has 1 fully saturated rings. The maximum atomic E-state index is 12.6. The summed E-state index contributed by atoms with van der Waals surface area (Å²) in [7, 11) is 0. The average Bonchev–Trinajstić information content (AvgIpc) is 3.24. The van der Waals surface area contributed by atoms with Crippen LogP contribution in [-0.2, 0) is 4.79 Å². The van der Waals surface area contributed by atoms with Crippen LogP contribution in [0.25, 0.3) is 28.3 Å². The van der Waals surface area contributed by atoms with Gasteiger partial charge in [0.25, 0.3) is 0 Å². The van der Waals surface area contributed by atoms with Crippen molar-refractivity contribution in [2.75, 3.05) is 5.32 Å². The highest BCUT2D eigenvalue weighted by molar-refractivity contribution is 5.93. The van der Waals surface area contributed by atoms with Gasteiger partial charge in [-0.1, -0.05) is 31.4 Å². The second kappa shape index (κ2) is 8.02. The van der Waals surface area contributed by atoms with Crippen molar-refractivity contribution in [1.82, 2.24) is 24.8 Å². The summed E-state index contributed by atoms with van der Waals surface area (Å²) in [4.78, 5) is 16.7. The highest BCUT2D eigenvalue weighted by atomic mass is 16.1. The molecule has 1 N–H and O–H groups in total. The maximum Gasteiger partial charge on any atom is 0.227 e. The lowest BCUT2D eigenvalue weighted by atomic mass is 9.88. The minimum atomic E-state index is 0.119. The van der Waals surface area contributed by atoms with Crippen molar-refractivity contribution in [3.63, 3.8) is 0 Å². The molecule has 0 bridgehead atoms. The average molecular weight is 398 g/mol. The van der Waals surface area contributed by atoms with Gasteiger partial charge >= 0.3 is 0 Å². The maximum absolute atomic E-state index is 12.6. The lowest BCUT2D eigenvalue weighted by Crippen LogP contribution is -2.24. The Balaban J connectivity index is 1.44. The van der Waals surface area contributed by atoms with Crippen molar-refractivity contribution in [2.45, 2.75) is 32.1 Å². The normalized spacial score (nSPS) is 14.7. The molecule has 1 aromatic carbocycles. The van der Waals surface area contributed by atoms with E-state index >= 15 is 0 Å². The molecule has 1 saturated carbocycles. The number of nitrogens with zero attached hydrogens (tertiary/aromatic N) is 5. The van der Waals surface area contributed by atoms with E-state index in [1.807, 2.05) is 48.5 Å². The number of amides is 1. The molecule has 7 heteroatoms. The van der Waals surface area contributed by atoms with E-state index in [9.17, 15) is 4.79 Å². The zero-order valence-electron chi connectivity index (χ0n) is 16.5. The number of carbonyl (C=O) groups is 1. The van der Waals surface area contributed by atoms with Crippen LogP contribution in [0.15, 0.2) is 60.9 Å². The molecule has 0 saturated heterocycles. The van der Waals surface area contributed by atoms with Gasteiger partial charge in [0.05, 0.1) is 5.69 Å². The Hall–Kier alpha value is -3.61. The number of anilines is 1. The molecule has 5 rings (SSSR count). The third-order valence-electron chi connectivity index (χ3n) is 5.60. The number of pyridine rings is 1. The molecule has 0 spiro atoms. The van der Waals surface area contributed by atoms with E-state index in [0.717, 1.165) is 48.2 Å². The van der Waals surface area contributed by atoms with Crippen molar-refractivity contribution in [2.24, 2.45) is 5.92 Å². The molecule has 0 radical (unpaired) electrons. The van der Waals surface area contributed by atoms with Gasteiger partial charge in [0.2, 0.25) is 5.91 Å². The number of fused-ring (bicyclic) bond motifs is 1. The van der Waals surface area contributed by atoms with Crippen LogP contribution >= 0.6 is 0 Å². The highest BCUT2D eigenvalue weighted by Gasteiger charge is 2.21. The summed E-state index contributed by atoms with van der Waals surface area (Å²) in [5, 5.41) is 16.3. The summed E-state index contributed by atoms with van der Waals surface area (Å²) in [6.07, 6.45) is 8.92. The summed E-state index contributed by atoms with van der Waals surface area (Å²) in [5.74, 6) is 0.905. The van der Waals surface area contributed by atoms with Crippen LogP contribution in [0.2, 0.25) is 0 Å². The van der Waals surface area contributed by atoms with Crippen LogP contribution in [0.3, 0.4) is 0 Å². The second-order valence-corrected chi connectivity index (χ2v) is 7.65. The summed E-state index contributed by atoms with van der Waals surface area (Å²) in [6, 6.07) is 15.4. The van der Waals surface area contributed by atoms with Gasteiger partial charge in [0, 0.05) is 35.1 Å². The van der Waals surface area contributed by atoms with E-state index in [2.05, 4.69) is 20.5 Å². The number of benzene rings is 1. The fourth-order valence-corrected chi connectivity index (χ4v) is 3.99. The molecule has 4 aromatic rings. The van der Waals surface area contributed by atoms with E-state index in [1.165, 1.54) is 6.42 Å². The van der Waals surface area contributed by atoms with Crippen LogP contribution in [0.5, 0.6) is 0 Å². The van der Waals surface area contributed by atoms with Crippen LogP contribution in [0.1, 0.15) is 32.1 Å². The molecule has 0 aliphatic heterocycles. The lowest BCUT2D eigenvalue weighted by molar-refractivity contribution is -0.120. The van der Waals surface area contributed by atoms with Gasteiger partial charge in [-0.3, -0.25) is 9.78 Å². The summed E-state index contributed by atoms with van der Waals surface area (Å²) < 4.78 is 1.73. The summed E-state index contributed by atoms with van der Waals surface area (Å²) in [6.45, 7) is 0.